The molecule has 1 aromatic carbocycles. The van der Waals surface area contributed by atoms with Crippen LogP contribution in [0.2, 0.25) is 0 Å². The van der Waals surface area contributed by atoms with Gasteiger partial charge in [0.05, 0.1) is 12.0 Å². The second kappa shape index (κ2) is 10.1. The lowest BCUT2D eigenvalue weighted by atomic mass is 9.86. The third kappa shape index (κ3) is 4.45. The van der Waals surface area contributed by atoms with Gasteiger partial charge in [-0.15, -0.1) is 0 Å². The highest BCUT2D eigenvalue weighted by molar-refractivity contribution is 6.08. The molecule has 5 nitrogen and oxygen atoms in total. The van der Waals surface area contributed by atoms with E-state index in [-0.39, 0.29) is 5.97 Å². The minimum Gasteiger partial charge on any atom is -0.463 e. The van der Waals surface area contributed by atoms with Gasteiger partial charge in [-0.05, 0) is 70.4 Å². The van der Waals surface area contributed by atoms with Crippen LogP contribution in [0.15, 0.2) is 63.5 Å². The number of carbonyl (C=O) groups excluding carboxylic acids is 1. The van der Waals surface area contributed by atoms with Gasteiger partial charge in [0.2, 0.25) is 0 Å². The number of carbonyl (C=O) groups is 1. The Kier molecular flexibility index (Phi) is 6.97. The van der Waals surface area contributed by atoms with Crippen molar-refractivity contribution in [1.82, 2.24) is 0 Å². The summed E-state index contributed by atoms with van der Waals surface area (Å²) in [5, 5.41) is 1.87. The third-order valence-electron chi connectivity index (χ3n) is 6.12. The van der Waals surface area contributed by atoms with Gasteiger partial charge >= 0.3 is 5.97 Å². The number of rotatable bonds is 7. The SMILES string of the molecule is CC/N=c1/ccc2c(C3=C(C(=O)OCC)CCC=C3)c3ccc(N(CC)CC)cc3oc-2c1. The summed E-state index contributed by atoms with van der Waals surface area (Å²) in [6.07, 6.45) is 5.69. The Morgan fingerprint density at radius 2 is 1.91 bits per heavy atom. The molecule has 0 fully saturated rings. The zero-order chi connectivity index (χ0) is 23.4. The fourth-order valence-corrected chi connectivity index (χ4v) is 4.55. The van der Waals surface area contributed by atoms with Gasteiger partial charge in [-0.1, -0.05) is 12.2 Å². The standard InChI is InChI=1S/C28H32N2O3/c1-5-29-19-13-15-23-25(17-19)33-26-18-20(30(6-2)7-3)14-16-24(26)27(23)21-11-9-10-12-22(21)28(31)32-8-4/h9,11,13-18H,5-8,10,12H2,1-4H3/b29-19-. The number of hydrogen-bond acceptors (Lipinski definition) is 5. The number of esters is 1. The van der Waals surface area contributed by atoms with E-state index in [1.165, 1.54) is 0 Å². The van der Waals surface area contributed by atoms with Crippen molar-refractivity contribution in [2.45, 2.75) is 40.5 Å². The highest BCUT2D eigenvalue weighted by Crippen LogP contribution is 2.41. The summed E-state index contributed by atoms with van der Waals surface area (Å²) in [6, 6.07) is 12.4. The summed E-state index contributed by atoms with van der Waals surface area (Å²) in [6.45, 7) is 11.1. The molecule has 0 saturated heterocycles. The third-order valence-corrected chi connectivity index (χ3v) is 6.12. The normalized spacial score (nSPS) is 14.4. The predicted octanol–water partition coefficient (Wildman–Crippen LogP) is 5.97. The van der Waals surface area contributed by atoms with Crippen LogP contribution in [0.3, 0.4) is 0 Å². The zero-order valence-electron chi connectivity index (χ0n) is 20.0. The molecule has 2 aliphatic carbocycles. The second-order valence-corrected chi connectivity index (χ2v) is 8.04. The fraction of sp³-hybridized carbons (Fsp3) is 0.357. The van der Waals surface area contributed by atoms with Crippen molar-refractivity contribution in [3.63, 3.8) is 0 Å². The van der Waals surface area contributed by atoms with Crippen molar-refractivity contribution < 1.29 is 13.9 Å². The van der Waals surface area contributed by atoms with Gasteiger partial charge in [-0.2, -0.15) is 0 Å². The Labute approximate surface area is 195 Å². The number of allylic oxidation sites excluding steroid dienone is 3. The molecule has 1 heterocycles. The average molecular weight is 445 g/mol. The van der Waals surface area contributed by atoms with E-state index >= 15 is 0 Å². The molecule has 0 bridgehead atoms. The molecule has 4 rings (SSSR count). The topological polar surface area (TPSA) is 55.0 Å². The molecular formula is C28H32N2O3. The first-order valence-corrected chi connectivity index (χ1v) is 11.9. The fourth-order valence-electron chi connectivity index (χ4n) is 4.55. The number of hydrogen-bond donors (Lipinski definition) is 0. The van der Waals surface area contributed by atoms with Crippen LogP contribution < -0.4 is 10.3 Å². The Morgan fingerprint density at radius 1 is 1.09 bits per heavy atom. The molecule has 1 aromatic rings. The Bertz CT molecular complexity index is 1260. The van der Waals surface area contributed by atoms with E-state index in [0.717, 1.165) is 69.6 Å². The van der Waals surface area contributed by atoms with Crippen LogP contribution in [0.25, 0.3) is 27.9 Å². The van der Waals surface area contributed by atoms with Crippen LogP contribution in [0.1, 0.15) is 46.1 Å². The average Bonchev–Trinajstić information content (AvgIpc) is 2.83. The second-order valence-electron chi connectivity index (χ2n) is 8.04. The van der Waals surface area contributed by atoms with Crippen molar-refractivity contribution in [3.05, 3.63) is 65.0 Å². The zero-order valence-corrected chi connectivity index (χ0v) is 20.0. The van der Waals surface area contributed by atoms with E-state index in [9.17, 15) is 4.79 Å². The summed E-state index contributed by atoms with van der Waals surface area (Å²) in [7, 11) is 0. The van der Waals surface area contributed by atoms with Crippen molar-refractivity contribution in [3.8, 4) is 11.3 Å². The Hall–Kier alpha value is -3.34. The lowest BCUT2D eigenvalue weighted by Gasteiger charge is -2.23. The van der Waals surface area contributed by atoms with Gasteiger partial charge in [0, 0.05) is 59.5 Å². The van der Waals surface area contributed by atoms with Crippen molar-refractivity contribution in [2.75, 3.05) is 31.1 Å². The summed E-state index contributed by atoms with van der Waals surface area (Å²) in [5.74, 6) is 0.523. The van der Waals surface area contributed by atoms with Gasteiger partial charge in [-0.25, -0.2) is 4.79 Å². The largest absolute Gasteiger partial charge is 0.463 e. The minimum absolute atomic E-state index is 0.240. The molecule has 0 amide bonds. The van der Waals surface area contributed by atoms with Crippen LogP contribution >= 0.6 is 0 Å². The van der Waals surface area contributed by atoms with Gasteiger partial charge in [0.25, 0.3) is 0 Å². The van der Waals surface area contributed by atoms with E-state index in [1.807, 2.05) is 26.0 Å². The molecule has 0 N–H and O–H groups in total. The first kappa shape index (κ1) is 22.8. The molecule has 1 aliphatic heterocycles. The molecule has 5 heteroatoms. The minimum atomic E-state index is -0.240. The lowest BCUT2D eigenvalue weighted by Crippen LogP contribution is -2.21. The van der Waals surface area contributed by atoms with Crippen molar-refractivity contribution >= 4 is 28.2 Å². The van der Waals surface area contributed by atoms with Gasteiger partial charge in [-0.3, -0.25) is 4.99 Å². The van der Waals surface area contributed by atoms with Gasteiger partial charge in [0.1, 0.15) is 11.3 Å². The molecule has 33 heavy (non-hydrogen) atoms. The molecule has 0 radical (unpaired) electrons. The van der Waals surface area contributed by atoms with Gasteiger partial charge in [0.15, 0.2) is 0 Å². The van der Waals surface area contributed by atoms with Crippen LogP contribution in [0.5, 0.6) is 0 Å². The number of fused-ring (bicyclic) bond motifs is 2. The highest BCUT2D eigenvalue weighted by Gasteiger charge is 2.25. The molecule has 172 valence electrons. The molecule has 0 atom stereocenters. The van der Waals surface area contributed by atoms with Gasteiger partial charge < -0.3 is 14.1 Å². The molecule has 0 aromatic heterocycles. The quantitative estimate of drug-likeness (QED) is 0.333. The molecule has 0 unspecified atom stereocenters. The van der Waals surface area contributed by atoms with Crippen molar-refractivity contribution in [1.29, 1.82) is 0 Å². The highest BCUT2D eigenvalue weighted by atomic mass is 16.5. The summed E-state index contributed by atoms with van der Waals surface area (Å²) in [5.41, 5.74) is 5.54. The summed E-state index contributed by atoms with van der Waals surface area (Å²) < 4.78 is 11.9. The number of ether oxygens (including phenoxy) is 1. The number of benzene rings is 2. The maximum absolute atomic E-state index is 12.9. The maximum atomic E-state index is 12.9. The Morgan fingerprint density at radius 3 is 2.64 bits per heavy atom. The van der Waals surface area contributed by atoms with Crippen molar-refractivity contribution in [2.24, 2.45) is 4.99 Å². The Balaban J connectivity index is 2.06. The van der Waals surface area contributed by atoms with E-state index in [2.05, 4.69) is 60.2 Å². The van der Waals surface area contributed by atoms with Crippen LogP contribution in [0.4, 0.5) is 5.69 Å². The number of anilines is 1. The first-order valence-electron chi connectivity index (χ1n) is 11.9. The molecule has 0 saturated carbocycles. The number of nitrogens with zero attached hydrogens (tertiary/aromatic N) is 2. The van der Waals surface area contributed by atoms with E-state index in [1.54, 1.807) is 0 Å². The smallest absolute Gasteiger partial charge is 0.334 e. The van der Waals surface area contributed by atoms with E-state index in [0.29, 0.717) is 19.6 Å². The first-order chi connectivity index (χ1) is 16.1. The predicted molar refractivity (Wildman–Crippen MR) is 134 cm³/mol. The van der Waals surface area contributed by atoms with Crippen LogP contribution in [-0.2, 0) is 9.53 Å². The van der Waals surface area contributed by atoms with E-state index < -0.39 is 0 Å². The van der Waals surface area contributed by atoms with Crippen LogP contribution in [-0.4, -0.2) is 32.2 Å². The molecular weight excluding hydrogens is 412 g/mol. The summed E-state index contributed by atoms with van der Waals surface area (Å²) in [4.78, 5) is 19.7. The lowest BCUT2D eigenvalue weighted by molar-refractivity contribution is -0.138. The van der Waals surface area contributed by atoms with E-state index in [4.69, 9.17) is 9.15 Å². The summed E-state index contributed by atoms with van der Waals surface area (Å²) >= 11 is 0. The van der Waals surface area contributed by atoms with Crippen LogP contribution in [0, 0.1) is 0 Å². The maximum Gasteiger partial charge on any atom is 0.334 e. The molecule has 0 spiro atoms. The molecule has 3 aliphatic rings. The monoisotopic (exact) mass is 444 g/mol.